The van der Waals surface area contributed by atoms with Crippen LogP contribution in [0, 0.1) is 0 Å². The van der Waals surface area contributed by atoms with Gasteiger partial charge in [0.25, 0.3) is 0 Å². The van der Waals surface area contributed by atoms with E-state index in [1.165, 1.54) is 6.07 Å². The fourth-order valence-electron chi connectivity index (χ4n) is 2.44. The molecule has 0 spiro atoms. The first-order valence-corrected chi connectivity index (χ1v) is 6.22. The lowest BCUT2D eigenvalue weighted by atomic mass is 9.96. The number of hydrogen-bond donors (Lipinski definition) is 2. The van der Waals surface area contributed by atoms with Crippen LogP contribution in [0.4, 0.5) is 0 Å². The molecular weight excluding hydrogens is 248 g/mol. The van der Waals surface area contributed by atoms with Gasteiger partial charge < -0.3 is 14.8 Å². The first kappa shape index (κ1) is 13.6. The van der Waals surface area contributed by atoms with Gasteiger partial charge in [-0.3, -0.25) is 9.69 Å². The largest absolute Gasteiger partial charge is 0.475 e. The molecule has 2 N–H and O–H groups in total. The van der Waals surface area contributed by atoms with E-state index < -0.39 is 11.5 Å². The van der Waals surface area contributed by atoms with Crippen LogP contribution in [-0.4, -0.2) is 40.5 Å². The highest BCUT2D eigenvalue weighted by Crippen LogP contribution is 2.30. The van der Waals surface area contributed by atoms with Crippen LogP contribution < -0.4 is 5.32 Å². The van der Waals surface area contributed by atoms with E-state index in [4.69, 9.17) is 9.52 Å². The van der Waals surface area contributed by atoms with Crippen LogP contribution in [-0.2, 0) is 4.79 Å². The average molecular weight is 266 g/mol. The number of carboxylic acid groups (broad SMARTS) is 1. The first-order chi connectivity index (χ1) is 8.84. The Morgan fingerprint density at radius 2 is 2.21 bits per heavy atom. The van der Waals surface area contributed by atoms with Gasteiger partial charge in [0.2, 0.25) is 11.7 Å². The number of nitrogens with one attached hydrogen (secondary N) is 1. The molecule has 0 saturated carbocycles. The highest BCUT2D eigenvalue weighted by Gasteiger charge is 2.41. The van der Waals surface area contributed by atoms with Gasteiger partial charge in [-0.05, 0) is 32.9 Å². The molecule has 1 unspecified atom stereocenters. The summed E-state index contributed by atoms with van der Waals surface area (Å²) in [6.07, 6.45) is 0. The second-order valence-electron chi connectivity index (χ2n) is 5.19. The van der Waals surface area contributed by atoms with Gasteiger partial charge in [-0.1, -0.05) is 0 Å². The summed E-state index contributed by atoms with van der Waals surface area (Å²) in [5.41, 5.74) is -0.645. The molecule has 1 saturated heterocycles. The molecule has 1 aliphatic heterocycles. The van der Waals surface area contributed by atoms with Crippen LogP contribution in [0.5, 0.6) is 0 Å². The maximum atomic E-state index is 11.9. The number of amides is 1. The molecule has 0 radical (unpaired) electrons. The van der Waals surface area contributed by atoms with Crippen LogP contribution in [0.1, 0.15) is 43.1 Å². The van der Waals surface area contributed by atoms with Gasteiger partial charge in [0.1, 0.15) is 5.76 Å². The van der Waals surface area contributed by atoms with E-state index in [0.29, 0.717) is 18.8 Å². The lowest BCUT2D eigenvalue weighted by Gasteiger charge is -2.44. The fourth-order valence-corrected chi connectivity index (χ4v) is 2.44. The second-order valence-corrected chi connectivity index (χ2v) is 5.19. The molecule has 0 bridgehead atoms. The van der Waals surface area contributed by atoms with E-state index in [0.717, 1.165) is 0 Å². The number of hydrogen-bond acceptors (Lipinski definition) is 4. The maximum Gasteiger partial charge on any atom is 0.371 e. The molecule has 0 aromatic carbocycles. The summed E-state index contributed by atoms with van der Waals surface area (Å²) in [6, 6.07) is 2.93. The Bertz CT molecular complexity index is 506. The zero-order chi connectivity index (χ0) is 14.2. The van der Waals surface area contributed by atoms with Gasteiger partial charge in [-0.25, -0.2) is 4.79 Å². The summed E-state index contributed by atoms with van der Waals surface area (Å²) in [5.74, 6) is -0.647. The molecule has 1 fully saturated rings. The maximum absolute atomic E-state index is 11.9. The minimum absolute atomic E-state index is 0.0318. The quantitative estimate of drug-likeness (QED) is 0.860. The lowest BCUT2D eigenvalue weighted by Crippen LogP contribution is -2.62. The summed E-state index contributed by atoms with van der Waals surface area (Å²) in [4.78, 5) is 24.7. The van der Waals surface area contributed by atoms with Crippen molar-refractivity contribution >= 4 is 11.9 Å². The minimum Gasteiger partial charge on any atom is -0.475 e. The third kappa shape index (κ3) is 2.35. The zero-order valence-corrected chi connectivity index (χ0v) is 11.3. The van der Waals surface area contributed by atoms with Crippen molar-refractivity contribution in [3.05, 3.63) is 23.7 Å². The molecule has 6 nitrogen and oxygen atoms in total. The number of carboxylic acids is 1. The Morgan fingerprint density at radius 1 is 1.53 bits per heavy atom. The number of rotatable bonds is 3. The molecule has 1 amide bonds. The van der Waals surface area contributed by atoms with Crippen molar-refractivity contribution in [1.29, 1.82) is 0 Å². The second kappa shape index (κ2) is 4.70. The fraction of sp³-hybridized carbons (Fsp3) is 0.538. The van der Waals surface area contributed by atoms with Crippen LogP contribution >= 0.6 is 0 Å². The van der Waals surface area contributed by atoms with E-state index in [2.05, 4.69) is 5.32 Å². The third-order valence-corrected chi connectivity index (χ3v) is 3.63. The van der Waals surface area contributed by atoms with Crippen LogP contribution in [0.3, 0.4) is 0 Å². The van der Waals surface area contributed by atoms with Gasteiger partial charge >= 0.3 is 5.97 Å². The summed E-state index contributed by atoms with van der Waals surface area (Å²) < 4.78 is 5.32. The van der Waals surface area contributed by atoms with Crippen molar-refractivity contribution in [2.45, 2.75) is 32.4 Å². The Hall–Kier alpha value is -1.82. The van der Waals surface area contributed by atoms with Crippen LogP contribution in [0.25, 0.3) is 0 Å². The molecule has 1 aromatic rings. The predicted octanol–water partition coefficient (Wildman–Crippen LogP) is 1.25. The number of nitrogens with zero attached hydrogens (tertiary/aromatic N) is 1. The zero-order valence-electron chi connectivity index (χ0n) is 11.3. The van der Waals surface area contributed by atoms with Crippen molar-refractivity contribution in [2.75, 3.05) is 13.1 Å². The Labute approximate surface area is 111 Å². The van der Waals surface area contributed by atoms with Crippen molar-refractivity contribution in [3.63, 3.8) is 0 Å². The van der Waals surface area contributed by atoms with Gasteiger partial charge in [0.15, 0.2) is 0 Å². The van der Waals surface area contributed by atoms with Crippen molar-refractivity contribution < 1.29 is 19.1 Å². The summed E-state index contributed by atoms with van der Waals surface area (Å²) in [6.45, 7) is 6.88. The van der Waals surface area contributed by atoms with Gasteiger partial charge in [0, 0.05) is 13.1 Å². The van der Waals surface area contributed by atoms with E-state index in [1.54, 1.807) is 6.07 Å². The molecule has 1 atom stereocenters. The van der Waals surface area contributed by atoms with E-state index in [1.807, 2.05) is 25.7 Å². The molecular formula is C13H18N2O4. The molecule has 6 heteroatoms. The summed E-state index contributed by atoms with van der Waals surface area (Å²) >= 11 is 0. The molecule has 2 rings (SSSR count). The molecule has 0 aliphatic carbocycles. The SMILES string of the molecule is CC(c1ccc(C(=O)O)o1)N1CCNC(=O)C1(C)C. The highest BCUT2D eigenvalue weighted by molar-refractivity contribution is 5.86. The lowest BCUT2D eigenvalue weighted by molar-refractivity contribution is -0.137. The van der Waals surface area contributed by atoms with Crippen LogP contribution in [0.2, 0.25) is 0 Å². The van der Waals surface area contributed by atoms with Gasteiger partial charge in [0.05, 0.1) is 11.6 Å². The van der Waals surface area contributed by atoms with Crippen LogP contribution in [0.15, 0.2) is 16.5 Å². The van der Waals surface area contributed by atoms with E-state index in [9.17, 15) is 9.59 Å². The number of furan rings is 1. The molecule has 2 heterocycles. The van der Waals surface area contributed by atoms with E-state index >= 15 is 0 Å². The minimum atomic E-state index is -1.09. The monoisotopic (exact) mass is 266 g/mol. The molecule has 1 aliphatic rings. The van der Waals surface area contributed by atoms with Crippen molar-refractivity contribution in [1.82, 2.24) is 10.2 Å². The predicted molar refractivity (Wildman–Crippen MR) is 67.9 cm³/mol. The summed E-state index contributed by atoms with van der Waals surface area (Å²) in [5, 5.41) is 11.7. The molecule has 1 aromatic heterocycles. The topological polar surface area (TPSA) is 82.8 Å². The number of aromatic carboxylic acids is 1. The summed E-state index contributed by atoms with van der Waals surface area (Å²) in [7, 11) is 0. The normalized spacial score (nSPS) is 20.9. The van der Waals surface area contributed by atoms with Gasteiger partial charge in [-0.2, -0.15) is 0 Å². The first-order valence-electron chi connectivity index (χ1n) is 6.22. The highest BCUT2D eigenvalue weighted by atomic mass is 16.4. The molecule has 104 valence electrons. The Balaban J connectivity index is 2.24. The van der Waals surface area contributed by atoms with Crippen molar-refractivity contribution in [2.24, 2.45) is 0 Å². The Morgan fingerprint density at radius 3 is 2.79 bits per heavy atom. The number of carbonyl (C=O) groups is 2. The van der Waals surface area contributed by atoms with E-state index in [-0.39, 0.29) is 17.7 Å². The number of piperazine rings is 1. The standard InChI is InChI=1S/C13H18N2O4/c1-8(9-4-5-10(19-9)11(16)17)15-7-6-14-12(18)13(15,2)3/h4-5,8H,6-7H2,1-3H3,(H,14,18)(H,16,17). The average Bonchev–Trinajstić information content (AvgIpc) is 2.81. The number of carbonyl (C=O) groups excluding carboxylic acids is 1. The van der Waals surface area contributed by atoms with Gasteiger partial charge in [-0.15, -0.1) is 0 Å². The molecule has 19 heavy (non-hydrogen) atoms. The smallest absolute Gasteiger partial charge is 0.371 e. The van der Waals surface area contributed by atoms with Crippen molar-refractivity contribution in [3.8, 4) is 0 Å². The third-order valence-electron chi connectivity index (χ3n) is 3.63. The Kier molecular flexibility index (Phi) is 3.36.